The third-order valence-electron chi connectivity index (χ3n) is 3.48. The van der Waals surface area contributed by atoms with Crippen molar-refractivity contribution in [3.63, 3.8) is 0 Å². The van der Waals surface area contributed by atoms with E-state index in [0.717, 1.165) is 0 Å². The van der Waals surface area contributed by atoms with Gasteiger partial charge in [0, 0.05) is 29.3 Å². The van der Waals surface area contributed by atoms with E-state index in [4.69, 9.17) is 4.42 Å². The van der Waals surface area contributed by atoms with Crippen LogP contribution in [0, 0.1) is 17.0 Å². The average Bonchev–Trinajstić information content (AvgIpc) is 2.51. The molecule has 23 heavy (non-hydrogen) atoms. The predicted octanol–water partition coefficient (Wildman–Crippen LogP) is 3.46. The van der Waals surface area contributed by atoms with Gasteiger partial charge in [-0.1, -0.05) is 6.07 Å². The molecule has 7 heteroatoms. The standard InChI is InChI=1S/C16H12N2O5/c1-9-13-6-5-12(19)8-14(13)23-16(20)15(9)17-10-3-2-4-11(7-10)18(21)22/h2-8,17,19H,1H3. The quantitative estimate of drug-likeness (QED) is 0.436. The summed E-state index contributed by atoms with van der Waals surface area (Å²) in [5.41, 5.74) is 0.811. The highest BCUT2D eigenvalue weighted by Crippen LogP contribution is 2.28. The summed E-state index contributed by atoms with van der Waals surface area (Å²) in [4.78, 5) is 22.5. The van der Waals surface area contributed by atoms with Gasteiger partial charge in [-0.15, -0.1) is 0 Å². The molecule has 0 saturated carbocycles. The molecule has 1 heterocycles. The first kappa shape index (κ1) is 14.6. The largest absolute Gasteiger partial charge is 0.508 e. The van der Waals surface area contributed by atoms with Crippen LogP contribution in [0.4, 0.5) is 17.1 Å². The molecule has 0 radical (unpaired) electrons. The normalized spacial score (nSPS) is 10.7. The average molecular weight is 312 g/mol. The van der Waals surface area contributed by atoms with Crippen molar-refractivity contribution in [1.82, 2.24) is 0 Å². The summed E-state index contributed by atoms with van der Waals surface area (Å²) in [6.45, 7) is 1.73. The fraction of sp³-hybridized carbons (Fsp3) is 0.0625. The highest BCUT2D eigenvalue weighted by molar-refractivity contribution is 5.86. The van der Waals surface area contributed by atoms with Crippen molar-refractivity contribution >= 4 is 28.0 Å². The highest BCUT2D eigenvalue weighted by Gasteiger charge is 2.13. The first-order valence-electron chi connectivity index (χ1n) is 6.73. The summed E-state index contributed by atoms with van der Waals surface area (Å²) < 4.78 is 5.19. The first-order chi connectivity index (χ1) is 11.0. The number of fused-ring (bicyclic) bond motifs is 1. The zero-order chi connectivity index (χ0) is 16.6. The summed E-state index contributed by atoms with van der Waals surface area (Å²) in [6.07, 6.45) is 0. The summed E-state index contributed by atoms with van der Waals surface area (Å²) >= 11 is 0. The molecule has 3 aromatic rings. The number of nitrogens with one attached hydrogen (secondary N) is 1. The Hall–Kier alpha value is -3.35. The number of benzene rings is 2. The monoisotopic (exact) mass is 312 g/mol. The molecule has 0 bridgehead atoms. The lowest BCUT2D eigenvalue weighted by molar-refractivity contribution is -0.384. The number of anilines is 2. The molecule has 0 spiro atoms. The fourth-order valence-corrected chi connectivity index (χ4v) is 2.33. The molecule has 2 aromatic carbocycles. The highest BCUT2D eigenvalue weighted by atomic mass is 16.6. The van der Waals surface area contributed by atoms with E-state index < -0.39 is 10.5 Å². The zero-order valence-electron chi connectivity index (χ0n) is 12.1. The van der Waals surface area contributed by atoms with Crippen molar-refractivity contribution in [2.24, 2.45) is 0 Å². The van der Waals surface area contributed by atoms with Crippen LogP contribution in [0.1, 0.15) is 5.56 Å². The third-order valence-corrected chi connectivity index (χ3v) is 3.48. The lowest BCUT2D eigenvalue weighted by Gasteiger charge is -2.10. The van der Waals surface area contributed by atoms with Crippen LogP contribution in [0.2, 0.25) is 0 Å². The van der Waals surface area contributed by atoms with Crippen LogP contribution in [-0.4, -0.2) is 10.0 Å². The third kappa shape index (κ3) is 2.71. The second-order valence-corrected chi connectivity index (χ2v) is 5.00. The summed E-state index contributed by atoms with van der Waals surface area (Å²) in [5.74, 6) is -0.000515. The van der Waals surface area contributed by atoms with E-state index in [2.05, 4.69) is 5.32 Å². The van der Waals surface area contributed by atoms with Crippen molar-refractivity contribution in [3.8, 4) is 5.75 Å². The fourth-order valence-electron chi connectivity index (χ4n) is 2.33. The molecule has 1 aromatic heterocycles. The molecule has 116 valence electrons. The maximum Gasteiger partial charge on any atom is 0.360 e. The summed E-state index contributed by atoms with van der Waals surface area (Å²) in [5, 5.41) is 23.8. The molecule has 0 fully saturated rings. The number of non-ortho nitro benzene ring substituents is 1. The van der Waals surface area contributed by atoms with Crippen LogP contribution < -0.4 is 10.9 Å². The van der Waals surface area contributed by atoms with Gasteiger partial charge in [-0.3, -0.25) is 10.1 Å². The number of hydrogen-bond acceptors (Lipinski definition) is 6. The number of aryl methyl sites for hydroxylation is 1. The van der Waals surface area contributed by atoms with E-state index >= 15 is 0 Å². The second-order valence-electron chi connectivity index (χ2n) is 5.00. The summed E-state index contributed by atoms with van der Waals surface area (Å²) in [7, 11) is 0. The van der Waals surface area contributed by atoms with Crippen LogP contribution in [0.3, 0.4) is 0 Å². The Morgan fingerprint density at radius 1 is 1.22 bits per heavy atom. The van der Waals surface area contributed by atoms with Crippen LogP contribution in [0.25, 0.3) is 11.0 Å². The number of rotatable bonds is 3. The van der Waals surface area contributed by atoms with Gasteiger partial charge in [-0.2, -0.15) is 0 Å². The Labute approximate surface area is 129 Å². The van der Waals surface area contributed by atoms with Crippen molar-refractivity contribution < 1.29 is 14.4 Å². The molecule has 0 atom stereocenters. The number of nitrogens with zero attached hydrogens (tertiary/aromatic N) is 1. The van der Waals surface area contributed by atoms with Crippen molar-refractivity contribution in [3.05, 3.63) is 68.6 Å². The number of hydrogen-bond donors (Lipinski definition) is 2. The van der Waals surface area contributed by atoms with Gasteiger partial charge >= 0.3 is 5.63 Å². The van der Waals surface area contributed by atoms with Gasteiger partial charge in [0.15, 0.2) is 0 Å². The Balaban J connectivity index is 2.10. The van der Waals surface area contributed by atoms with Crippen LogP contribution in [-0.2, 0) is 0 Å². The molecule has 7 nitrogen and oxygen atoms in total. The van der Waals surface area contributed by atoms with Crippen LogP contribution in [0.15, 0.2) is 51.7 Å². The minimum Gasteiger partial charge on any atom is -0.508 e. The zero-order valence-corrected chi connectivity index (χ0v) is 12.1. The van der Waals surface area contributed by atoms with Crippen molar-refractivity contribution in [1.29, 1.82) is 0 Å². The number of phenolic OH excluding ortho intramolecular Hbond substituents is 1. The van der Waals surface area contributed by atoms with Crippen molar-refractivity contribution in [2.45, 2.75) is 6.92 Å². The van der Waals surface area contributed by atoms with Gasteiger partial charge in [0.1, 0.15) is 17.0 Å². The van der Waals surface area contributed by atoms with E-state index in [1.165, 1.54) is 30.3 Å². The number of nitro benzene ring substituents is 1. The lowest BCUT2D eigenvalue weighted by Crippen LogP contribution is -2.09. The molecule has 0 amide bonds. The smallest absolute Gasteiger partial charge is 0.360 e. The van der Waals surface area contributed by atoms with Crippen molar-refractivity contribution in [2.75, 3.05) is 5.32 Å². The number of nitro groups is 1. The number of aromatic hydroxyl groups is 1. The molecular formula is C16H12N2O5. The van der Waals surface area contributed by atoms with E-state index in [0.29, 0.717) is 16.6 Å². The predicted molar refractivity (Wildman–Crippen MR) is 85.3 cm³/mol. The van der Waals surface area contributed by atoms with E-state index in [-0.39, 0.29) is 22.7 Å². The Morgan fingerprint density at radius 3 is 2.74 bits per heavy atom. The molecule has 2 N–H and O–H groups in total. The van der Waals surface area contributed by atoms with Gasteiger partial charge in [0.2, 0.25) is 0 Å². The topological polar surface area (TPSA) is 106 Å². The minimum atomic E-state index is -0.618. The Kier molecular flexibility index (Phi) is 3.46. The molecule has 0 saturated heterocycles. The minimum absolute atomic E-state index is 0.000515. The van der Waals surface area contributed by atoms with Gasteiger partial charge in [-0.25, -0.2) is 4.79 Å². The Morgan fingerprint density at radius 2 is 2.00 bits per heavy atom. The second kappa shape index (κ2) is 5.45. The first-order valence-corrected chi connectivity index (χ1v) is 6.73. The number of phenols is 1. The molecule has 3 rings (SSSR count). The van der Waals surface area contributed by atoms with Gasteiger partial charge in [0.25, 0.3) is 5.69 Å². The van der Waals surface area contributed by atoms with E-state index in [1.54, 1.807) is 19.1 Å². The van der Waals surface area contributed by atoms with E-state index in [1.807, 2.05) is 0 Å². The Bertz CT molecular complexity index is 978. The molecular weight excluding hydrogens is 300 g/mol. The lowest BCUT2D eigenvalue weighted by atomic mass is 10.1. The van der Waals surface area contributed by atoms with Gasteiger partial charge in [-0.05, 0) is 30.7 Å². The van der Waals surface area contributed by atoms with Gasteiger partial charge in [0.05, 0.1) is 4.92 Å². The summed E-state index contributed by atoms with van der Waals surface area (Å²) in [6, 6.07) is 10.3. The maximum atomic E-state index is 12.1. The molecule has 0 aliphatic rings. The van der Waals surface area contributed by atoms with Crippen LogP contribution in [0.5, 0.6) is 5.75 Å². The van der Waals surface area contributed by atoms with E-state index in [9.17, 15) is 20.0 Å². The molecule has 0 aliphatic heterocycles. The maximum absolute atomic E-state index is 12.1. The van der Waals surface area contributed by atoms with Gasteiger partial charge < -0.3 is 14.8 Å². The molecule has 0 unspecified atom stereocenters. The molecule has 0 aliphatic carbocycles. The SMILES string of the molecule is Cc1c(Nc2cccc([N+](=O)[O-])c2)c(=O)oc2cc(O)ccc12. The van der Waals surface area contributed by atoms with Crippen LogP contribution >= 0.6 is 0 Å².